The molecule has 1 aliphatic rings. The Hall–Kier alpha value is -0.620. The molecule has 142 valence electrons. The predicted molar refractivity (Wildman–Crippen MR) is 108 cm³/mol. The molecular weight excluding hydrogens is 404 g/mol. The highest BCUT2D eigenvalue weighted by molar-refractivity contribution is 9.10. The summed E-state index contributed by atoms with van der Waals surface area (Å²) in [5.74, 6) is 0.354. The SMILES string of the molecule is CCC(Cc1cccc(Br)c1)C(=O)N1CCC(OCCCN)CC1.Cl. The molecule has 6 heteroatoms. The molecule has 25 heavy (non-hydrogen) atoms. The molecule has 2 N–H and O–H groups in total. The van der Waals surface area contributed by atoms with Crippen molar-refractivity contribution in [3.8, 4) is 0 Å². The largest absolute Gasteiger partial charge is 0.378 e. The van der Waals surface area contributed by atoms with Crippen LogP contribution in [0.25, 0.3) is 0 Å². The summed E-state index contributed by atoms with van der Waals surface area (Å²) in [6.45, 7) is 5.12. The molecule has 4 nitrogen and oxygen atoms in total. The Morgan fingerprint density at radius 1 is 1.40 bits per heavy atom. The van der Waals surface area contributed by atoms with Gasteiger partial charge >= 0.3 is 0 Å². The van der Waals surface area contributed by atoms with Crippen LogP contribution >= 0.6 is 28.3 Å². The molecule has 1 atom stereocenters. The Balaban J connectivity index is 0.00000312. The van der Waals surface area contributed by atoms with E-state index in [4.69, 9.17) is 10.5 Å². The Labute approximate surface area is 166 Å². The van der Waals surface area contributed by atoms with Crippen LogP contribution in [-0.4, -0.2) is 43.2 Å². The van der Waals surface area contributed by atoms with E-state index in [1.165, 1.54) is 5.56 Å². The Kier molecular flexibility index (Phi) is 10.7. The summed E-state index contributed by atoms with van der Waals surface area (Å²) >= 11 is 3.50. The van der Waals surface area contributed by atoms with Crippen molar-refractivity contribution < 1.29 is 9.53 Å². The first-order chi connectivity index (χ1) is 11.6. The van der Waals surface area contributed by atoms with Crippen LogP contribution in [-0.2, 0) is 16.0 Å². The van der Waals surface area contributed by atoms with Crippen molar-refractivity contribution in [3.05, 3.63) is 34.3 Å². The molecular formula is C19H30BrClN2O2. The van der Waals surface area contributed by atoms with Crippen LogP contribution in [0.1, 0.15) is 38.2 Å². The number of carbonyl (C=O) groups is 1. The highest BCUT2D eigenvalue weighted by Crippen LogP contribution is 2.21. The molecule has 2 rings (SSSR count). The number of hydrogen-bond donors (Lipinski definition) is 1. The maximum Gasteiger partial charge on any atom is 0.226 e. The molecule has 0 bridgehead atoms. The van der Waals surface area contributed by atoms with Gasteiger partial charge in [-0.15, -0.1) is 12.4 Å². The highest BCUT2D eigenvalue weighted by Gasteiger charge is 2.27. The van der Waals surface area contributed by atoms with Gasteiger partial charge in [-0.1, -0.05) is 35.0 Å². The van der Waals surface area contributed by atoms with Crippen molar-refractivity contribution in [2.24, 2.45) is 11.7 Å². The highest BCUT2D eigenvalue weighted by atomic mass is 79.9. The minimum atomic E-state index is 0. The number of nitrogens with two attached hydrogens (primary N) is 1. The van der Waals surface area contributed by atoms with Crippen LogP contribution in [0.5, 0.6) is 0 Å². The number of halogens is 2. The molecule has 0 radical (unpaired) electrons. The normalized spacial score (nSPS) is 16.4. The number of ether oxygens (including phenoxy) is 1. The summed E-state index contributed by atoms with van der Waals surface area (Å²) < 4.78 is 6.89. The molecule has 1 aromatic carbocycles. The lowest BCUT2D eigenvalue weighted by Gasteiger charge is -2.34. The summed E-state index contributed by atoms with van der Waals surface area (Å²) in [6.07, 6.45) is 4.74. The number of amides is 1. The number of nitrogens with zero attached hydrogens (tertiary/aromatic N) is 1. The predicted octanol–water partition coefficient (Wildman–Crippen LogP) is 3.80. The lowest BCUT2D eigenvalue weighted by atomic mass is 9.94. The minimum Gasteiger partial charge on any atom is -0.378 e. The summed E-state index contributed by atoms with van der Waals surface area (Å²) in [5.41, 5.74) is 6.70. The fourth-order valence-electron chi connectivity index (χ4n) is 3.19. The van der Waals surface area contributed by atoms with Crippen molar-refractivity contribution in [1.29, 1.82) is 0 Å². The van der Waals surface area contributed by atoms with Crippen molar-refractivity contribution in [2.75, 3.05) is 26.2 Å². The number of likely N-dealkylation sites (tertiary alicyclic amines) is 1. The van der Waals surface area contributed by atoms with Gasteiger partial charge in [-0.25, -0.2) is 0 Å². The second-order valence-corrected chi connectivity index (χ2v) is 7.39. The molecule has 0 saturated carbocycles. The topological polar surface area (TPSA) is 55.6 Å². The first kappa shape index (κ1) is 22.4. The Bertz CT molecular complexity index is 522. The molecule has 1 aliphatic heterocycles. The van der Waals surface area contributed by atoms with E-state index in [-0.39, 0.29) is 30.3 Å². The van der Waals surface area contributed by atoms with Gasteiger partial charge in [0.25, 0.3) is 0 Å². The first-order valence-electron chi connectivity index (χ1n) is 8.99. The first-order valence-corrected chi connectivity index (χ1v) is 9.78. The average molecular weight is 434 g/mol. The van der Waals surface area contributed by atoms with E-state index in [0.29, 0.717) is 6.54 Å². The quantitative estimate of drug-likeness (QED) is 0.634. The number of benzene rings is 1. The van der Waals surface area contributed by atoms with Crippen LogP contribution in [0.15, 0.2) is 28.7 Å². The van der Waals surface area contributed by atoms with Gasteiger partial charge in [0.2, 0.25) is 5.91 Å². The van der Waals surface area contributed by atoms with Gasteiger partial charge < -0.3 is 15.4 Å². The molecule has 1 heterocycles. The minimum absolute atomic E-state index is 0. The number of carbonyl (C=O) groups excluding carboxylic acids is 1. The fourth-order valence-corrected chi connectivity index (χ4v) is 3.64. The third-order valence-corrected chi connectivity index (χ3v) is 5.16. The summed E-state index contributed by atoms with van der Waals surface area (Å²) in [7, 11) is 0. The third-order valence-electron chi connectivity index (χ3n) is 4.67. The second kappa shape index (κ2) is 11.9. The lowest BCUT2D eigenvalue weighted by Crippen LogP contribution is -2.44. The number of piperidine rings is 1. The summed E-state index contributed by atoms with van der Waals surface area (Å²) in [4.78, 5) is 14.9. The van der Waals surface area contributed by atoms with Gasteiger partial charge in [-0.3, -0.25) is 4.79 Å². The third kappa shape index (κ3) is 7.26. The average Bonchev–Trinajstić information content (AvgIpc) is 2.60. The van der Waals surface area contributed by atoms with Crippen LogP contribution in [0.2, 0.25) is 0 Å². The van der Waals surface area contributed by atoms with Crippen LogP contribution < -0.4 is 5.73 Å². The molecule has 1 aromatic rings. The molecule has 1 amide bonds. The maximum absolute atomic E-state index is 12.8. The lowest BCUT2D eigenvalue weighted by molar-refractivity contribution is -0.138. The molecule has 0 aromatic heterocycles. The summed E-state index contributed by atoms with van der Waals surface area (Å²) in [5, 5.41) is 0. The standard InChI is InChI=1S/C19H29BrN2O2.ClH/c1-2-16(13-15-5-3-6-17(20)14-15)19(23)22-10-7-18(8-11-22)24-12-4-9-21;/h3,5-6,14,16,18H,2,4,7-13,21H2,1H3;1H. The van der Waals surface area contributed by atoms with E-state index in [1.54, 1.807) is 0 Å². The molecule has 1 fully saturated rings. The smallest absolute Gasteiger partial charge is 0.226 e. The van der Waals surface area contributed by atoms with Gasteiger partial charge in [0.05, 0.1) is 6.10 Å². The summed E-state index contributed by atoms with van der Waals surface area (Å²) in [6, 6.07) is 8.24. The molecule has 0 aliphatic carbocycles. The van der Waals surface area contributed by atoms with E-state index >= 15 is 0 Å². The maximum atomic E-state index is 12.8. The van der Waals surface area contributed by atoms with Crippen LogP contribution in [0, 0.1) is 5.92 Å². The monoisotopic (exact) mass is 432 g/mol. The van der Waals surface area contributed by atoms with Crippen molar-refractivity contribution >= 4 is 34.2 Å². The van der Waals surface area contributed by atoms with Crippen LogP contribution in [0.4, 0.5) is 0 Å². The zero-order chi connectivity index (χ0) is 17.4. The Morgan fingerprint density at radius 3 is 2.72 bits per heavy atom. The van der Waals surface area contributed by atoms with Crippen molar-refractivity contribution in [3.63, 3.8) is 0 Å². The number of rotatable bonds is 8. The van der Waals surface area contributed by atoms with Gasteiger partial charge in [-0.05, 0) is 56.3 Å². The van der Waals surface area contributed by atoms with E-state index < -0.39 is 0 Å². The van der Waals surface area contributed by atoms with Crippen LogP contribution in [0.3, 0.4) is 0 Å². The van der Waals surface area contributed by atoms with Crippen molar-refractivity contribution in [2.45, 2.75) is 45.1 Å². The van der Waals surface area contributed by atoms with E-state index in [2.05, 4.69) is 35.0 Å². The van der Waals surface area contributed by atoms with Gasteiger partial charge in [0, 0.05) is 30.1 Å². The van der Waals surface area contributed by atoms with Gasteiger partial charge in [0.1, 0.15) is 0 Å². The molecule has 1 unspecified atom stereocenters. The van der Waals surface area contributed by atoms with Crippen molar-refractivity contribution in [1.82, 2.24) is 4.90 Å². The zero-order valence-corrected chi connectivity index (χ0v) is 17.4. The molecule has 0 spiro atoms. The van der Waals surface area contributed by atoms with E-state index in [9.17, 15) is 4.79 Å². The van der Waals surface area contributed by atoms with E-state index in [0.717, 1.165) is 56.3 Å². The number of hydrogen-bond acceptors (Lipinski definition) is 3. The Morgan fingerprint density at radius 2 is 2.12 bits per heavy atom. The fraction of sp³-hybridized carbons (Fsp3) is 0.632. The van der Waals surface area contributed by atoms with E-state index in [1.807, 2.05) is 17.0 Å². The zero-order valence-electron chi connectivity index (χ0n) is 15.0. The molecule has 1 saturated heterocycles. The van der Waals surface area contributed by atoms with Gasteiger partial charge in [-0.2, -0.15) is 0 Å². The van der Waals surface area contributed by atoms with Gasteiger partial charge in [0.15, 0.2) is 0 Å². The second-order valence-electron chi connectivity index (χ2n) is 6.48.